The van der Waals surface area contributed by atoms with Crippen molar-refractivity contribution in [1.29, 1.82) is 0 Å². The fourth-order valence-electron chi connectivity index (χ4n) is 1.52. The molecular formula is C12H17Br2NOS. The first-order valence-electron chi connectivity index (χ1n) is 5.58. The number of hydrogen-bond donors (Lipinski definition) is 0. The number of carbonyl (C=O) groups excluding carboxylic acids is 1. The molecule has 96 valence electrons. The molecule has 1 heterocycles. The van der Waals surface area contributed by atoms with Crippen molar-refractivity contribution in [3.8, 4) is 0 Å². The SMILES string of the molecule is CC(C)CN(C(=O)c1cc(Br)c(Br)s1)C(C)C. The Bertz CT molecular complexity index is 382. The van der Waals surface area contributed by atoms with Gasteiger partial charge in [0.1, 0.15) is 0 Å². The number of thiophene rings is 1. The van der Waals surface area contributed by atoms with E-state index in [1.807, 2.05) is 11.0 Å². The molecule has 1 amide bonds. The van der Waals surface area contributed by atoms with Crippen LogP contribution in [0.1, 0.15) is 37.4 Å². The van der Waals surface area contributed by atoms with Crippen molar-refractivity contribution >= 4 is 49.1 Å². The van der Waals surface area contributed by atoms with Crippen LogP contribution in [0, 0.1) is 5.92 Å². The average Bonchev–Trinajstić information content (AvgIpc) is 2.54. The molecule has 5 heteroatoms. The van der Waals surface area contributed by atoms with Crippen LogP contribution in [0.5, 0.6) is 0 Å². The third-order valence-electron chi connectivity index (χ3n) is 2.30. The van der Waals surface area contributed by atoms with Crippen LogP contribution in [0.3, 0.4) is 0 Å². The number of carbonyl (C=O) groups is 1. The van der Waals surface area contributed by atoms with Gasteiger partial charge in [0.25, 0.3) is 5.91 Å². The van der Waals surface area contributed by atoms with E-state index in [2.05, 4.69) is 59.6 Å². The summed E-state index contributed by atoms with van der Waals surface area (Å²) in [6, 6.07) is 2.11. The van der Waals surface area contributed by atoms with E-state index in [4.69, 9.17) is 0 Å². The molecule has 0 saturated heterocycles. The molecule has 0 fully saturated rings. The topological polar surface area (TPSA) is 20.3 Å². The van der Waals surface area contributed by atoms with Gasteiger partial charge in [-0.05, 0) is 57.7 Å². The van der Waals surface area contributed by atoms with Gasteiger partial charge in [0.2, 0.25) is 0 Å². The third kappa shape index (κ3) is 4.07. The Balaban J connectivity index is 2.91. The molecule has 2 nitrogen and oxygen atoms in total. The van der Waals surface area contributed by atoms with Crippen LogP contribution >= 0.6 is 43.2 Å². The lowest BCUT2D eigenvalue weighted by Crippen LogP contribution is -2.39. The summed E-state index contributed by atoms with van der Waals surface area (Å²) in [5.41, 5.74) is 0. The summed E-state index contributed by atoms with van der Waals surface area (Å²) >= 11 is 8.31. The summed E-state index contributed by atoms with van der Waals surface area (Å²) in [5.74, 6) is 0.596. The van der Waals surface area contributed by atoms with E-state index < -0.39 is 0 Å². The van der Waals surface area contributed by atoms with Gasteiger partial charge >= 0.3 is 0 Å². The van der Waals surface area contributed by atoms with E-state index in [9.17, 15) is 4.79 Å². The van der Waals surface area contributed by atoms with Gasteiger partial charge in [0.05, 0.1) is 8.66 Å². The summed E-state index contributed by atoms with van der Waals surface area (Å²) in [5, 5.41) is 0. The van der Waals surface area contributed by atoms with Crippen molar-refractivity contribution in [3.63, 3.8) is 0 Å². The van der Waals surface area contributed by atoms with Crippen molar-refractivity contribution < 1.29 is 4.79 Å². The molecule has 0 saturated carbocycles. The van der Waals surface area contributed by atoms with Crippen molar-refractivity contribution in [3.05, 3.63) is 19.2 Å². The Labute approximate surface area is 124 Å². The highest BCUT2D eigenvalue weighted by Crippen LogP contribution is 2.33. The maximum absolute atomic E-state index is 12.4. The molecule has 1 rings (SSSR count). The molecule has 0 aliphatic heterocycles. The van der Waals surface area contributed by atoms with Gasteiger partial charge in [-0.15, -0.1) is 11.3 Å². The van der Waals surface area contributed by atoms with Gasteiger partial charge in [-0.25, -0.2) is 0 Å². The molecule has 0 atom stereocenters. The first-order chi connectivity index (χ1) is 7.82. The standard InChI is InChI=1S/C12H17Br2NOS/c1-7(2)6-15(8(3)4)12(16)10-5-9(13)11(14)17-10/h5,7-8H,6H2,1-4H3. The molecule has 1 aromatic heterocycles. The predicted octanol–water partition coefficient (Wildman–Crippen LogP) is 4.78. The number of rotatable bonds is 4. The highest BCUT2D eigenvalue weighted by atomic mass is 79.9. The normalized spacial score (nSPS) is 11.3. The molecule has 0 bridgehead atoms. The van der Waals surface area contributed by atoms with Crippen LogP contribution in [0.25, 0.3) is 0 Å². The second kappa shape index (κ2) is 6.34. The molecule has 1 aromatic rings. The lowest BCUT2D eigenvalue weighted by atomic mass is 10.1. The molecule has 0 aliphatic carbocycles. The van der Waals surface area contributed by atoms with Gasteiger partial charge in [-0.3, -0.25) is 4.79 Å². The zero-order valence-electron chi connectivity index (χ0n) is 10.5. The van der Waals surface area contributed by atoms with Gasteiger partial charge in [-0.1, -0.05) is 13.8 Å². The maximum atomic E-state index is 12.4. The van der Waals surface area contributed by atoms with Crippen LogP contribution in [-0.4, -0.2) is 23.4 Å². The number of amides is 1. The summed E-state index contributed by atoms with van der Waals surface area (Å²) in [6.45, 7) is 9.16. The van der Waals surface area contributed by atoms with Crippen molar-refractivity contribution in [2.24, 2.45) is 5.92 Å². The van der Waals surface area contributed by atoms with Gasteiger partial charge < -0.3 is 4.90 Å². The minimum atomic E-state index is 0.116. The minimum Gasteiger partial charge on any atom is -0.335 e. The Kier molecular flexibility index (Phi) is 5.67. The van der Waals surface area contributed by atoms with Gasteiger partial charge in [-0.2, -0.15) is 0 Å². The molecule has 0 radical (unpaired) electrons. The molecule has 0 unspecified atom stereocenters. The second-order valence-corrected chi connectivity index (χ2v) is 7.90. The summed E-state index contributed by atoms with van der Waals surface area (Å²) in [6.07, 6.45) is 0. The summed E-state index contributed by atoms with van der Waals surface area (Å²) < 4.78 is 1.91. The zero-order chi connectivity index (χ0) is 13.2. The van der Waals surface area contributed by atoms with E-state index in [1.54, 1.807) is 0 Å². The smallest absolute Gasteiger partial charge is 0.264 e. The van der Waals surface area contributed by atoms with Gasteiger partial charge in [0, 0.05) is 17.1 Å². The summed E-state index contributed by atoms with van der Waals surface area (Å²) in [4.78, 5) is 15.1. The highest BCUT2D eigenvalue weighted by molar-refractivity contribution is 9.13. The van der Waals surface area contributed by atoms with E-state index in [0.29, 0.717) is 5.92 Å². The Morgan fingerprint density at radius 1 is 1.35 bits per heavy atom. The first kappa shape index (κ1) is 15.2. The molecule has 0 aliphatic rings. The lowest BCUT2D eigenvalue weighted by Gasteiger charge is -2.28. The van der Waals surface area contributed by atoms with E-state index >= 15 is 0 Å². The number of halogens is 2. The molecule has 17 heavy (non-hydrogen) atoms. The fraction of sp³-hybridized carbons (Fsp3) is 0.583. The maximum Gasteiger partial charge on any atom is 0.264 e. The van der Waals surface area contributed by atoms with E-state index in [1.165, 1.54) is 11.3 Å². The zero-order valence-corrected chi connectivity index (χ0v) is 14.4. The van der Waals surface area contributed by atoms with Gasteiger partial charge in [0.15, 0.2) is 0 Å². The number of nitrogens with zero attached hydrogens (tertiary/aromatic N) is 1. The lowest BCUT2D eigenvalue weighted by molar-refractivity contribution is 0.0687. The first-order valence-corrected chi connectivity index (χ1v) is 7.99. The molecule has 0 aromatic carbocycles. The quantitative estimate of drug-likeness (QED) is 0.733. The minimum absolute atomic E-state index is 0.116. The monoisotopic (exact) mass is 381 g/mol. The van der Waals surface area contributed by atoms with Crippen LogP contribution < -0.4 is 0 Å². The number of hydrogen-bond acceptors (Lipinski definition) is 2. The average molecular weight is 383 g/mol. The molecule has 0 spiro atoms. The molecule has 0 N–H and O–H groups in total. The fourth-order valence-corrected chi connectivity index (χ4v) is 3.51. The van der Waals surface area contributed by atoms with Crippen LogP contribution in [0.2, 0.25) is 0 Å². The Morgan fingerprint density at radius 3 is 2.29 bits per heavy atom. The van der Waals surface area contributed by atoms with Crippen LogP contribution in [-0.2, 0) is 0 Å². The largest absolute Gasteiger partial charge is 0.335 e. The van der Waals surface area contributed by atoms with Crippen molar-refractivity contribution in [1.82, 2.24) is 4.90 Å². The Morgan fingerprint density at radius 2 is 1.94 bits per heavy atom. The van der Waals surface area contributed by atoms with Crippen LogP contribution in [0.4, 0.5) is 0 Å². The van der Waals surface area contributed by atoms with E-state index in [0.717, 1.165) is 19.7 Å². The third-order valence-corrected chi connectivity index (χ3v) is 5.55. The van der Waals surface area contributed by atoms with E-state index in [-0.39, 0.29) is 11.9 Å². The Hall–Kier alpha value is 0.130. The predicted molar refractivity (Wildman–Crippen MR) is 80.7 cm³/mol. The molecular weight excluding hydrogens is 366 g/mol. The van der Waals surface area contributed by atoms with Crippen molar-refractivity contribution in [2.45, 2.75) is 33.7 Å². The summed E-state index contributed by atoms with van der Waals surface area (Å²) in [7, 11) is 0. The van der Waals surface area contributed by atoms with Crippen LogP contribution in [0.15, 0.2) is 14.3 Å². The second-order valence-electron chi connectivity index (χ2n) is 4.68. The van der Waals surface area contributed by atoms with Crippen molar-refractivity contribution in [2.75, 3.05) is 6.54 Å². The highest BCUT2D eigenvalue weighted by Gasteiger charge is 2.22.